The Morgan fingerprint density at radius 1 is 0.636 bits per heavy atom. The first-order valence-corrected chi connectivity index (χ1v) is 13.0. The lowest BCUT2D eigenvalue weighted by molar-refractivity contribution is 0.487. The summed E-state index contributed by atoms with van der Waals surface area (Å²) in [6, 6.07) is 17.7. The van der Waals surface area contributed by atoms with Gasteiger partial charge in [-0.05, 0) is 54.7 Å². The van der Waals surface area contributed by atoms with Gasteiger partial charge in [-0.15, -0.1) is 22.7 Å². The highest BCUT2D eigenvalue weighted by Crippen LogP contribution is 2.36. The molecular formula is C28H24N2OS2. The molecule has 0 fully saturated rings. The van der Waals surface area contributed by atoms with Gasteiger partial charge in [0.2, 0.25) is 0 Å². The van der Waals surface area contributed by atoms with E-state index in [-0.39, 0.29) is 0 Å². The van der Waals surface area contributed by atoms with Crippen LogP contribution in [0.3, 0.4) is 0 Å². The molecule has 164 valence electrons. The molecule has 0 saturated carbocycles. The van der Waals surface area contributed by atoms with Crippen LogP contribution in [0.4, 0.5) is 0 Å². The molecule has 0 N–H and O–H groups in total. The van der Waals surface area contributed by atoms with Gasteiger partial charge < -0.3 is 4.42 Å². The molecule has 0 saturated heterocycles. The number of hydrogen-bond donors (Lipinski definition) is 0. The van der Waals surface area contributed by atoms with Gasteiger partial charge in [-0.3, -0.25) is 0 Å². The molecule has 0 amide bonds. The molecule has 0 aliphatic carbocycles. The summed E-state index contributed by atoms with van der Waals surface area (Å²) in [5, 5.41) is 5.60. The Balaban J connectivity index is 1.28. The van der Waals surface area contributed by atoms with Crippen molar-refractivity contribution in [1.29, 1.82) is 0 Å². The van der Waals surface area contributed by atoms with Crippen LogP contribution in [-0.2, 0) is 25.7 Å². The van der Waals surface area contributed by atoms with Crippen molar-refractivity contribution in [3.8, 4) is 0 Å². The Kier molecular flexibility index (Phi) is 5.24. The van der Waals surface area contributed by atoms with Gasteiger partial charge in [0, 0.05) is 38.3 Å². The first-order chi connectivity index (χ1) is 16.2. The van der Waals surface area contributed by atoms with Gasteiger partial charge >= 0.3 is 0 Å². The van der Waals surface area contributed by atoms with Crippen molar-refractivity contribution < 1.29 is 4.42 Å². The van der Waals surface area contributed by atoms with Crippen LogP contribution in [-0.4, -0.2) is 9.97 Å². The zero-order valence-electron chi connectivity index (χ0n) is 18.7. The smallest absolute Gasteiger partial charge is 0.132 e. The molecule has 0 aliphatic heterocycles. The molecule has 0 spiro atoms. The van der Waals surface area contributed by atoms with Gasteiger partial charge in [-0.1, -0.05) is 48.5 Å². The number of aromatic nitrogens is 2. The quantitative estimate of drug-likeness (QED) is 0.250. The van der Waals surface area contributed by atoms with Crippen LogP contribution in [0.1, 0.15) is 31.0 Å². The largest absolute Gasteiger partial charge is 0.462 e. The number of aryl methyl sites for hydroxylation is 6. The lowest BCUT2D eigenvalue weighted by Crippen LogP contribution is -1.89. The van der Waals surface area contributed by atoms with E-state index in [1.54, 1.807) is 12.4 Å². The summed E-state index contributed by atoms with van der Waals surface area (Å²) in [6.45, 7) is 4.20. The molecule has 0 unspecified atom stereocenters. The number of benzene rings is 2. The van der Waals surface area contributed by atoms with E-state index >= 15 is 0 Å². The number of thiophene rings is 2. The fraction of sp³-hybridized carbons (Fsp3) is 0.214. The number of nitrogens with zero attached hydrogens (tertiary/aromatic N) is 2. The minimum atomic E-state index is 0.835. The van der Waals surface area contributed by atoms with E-state index in [4.69, 9.17) is 4.42 Å². The zero-order chi connectivity index (χ0) is 22.4. The van der Waals surface area contributed by atoms with Crippen LogP contribution >= 0.6 is 22.7 Å². The second-order valence-corrected chi connectivity index (χ2v) is 11.0. The third-order valence-corrected chi connectivity index (χ3v) is 8.93. The van der Waals surface area contributed by atoms with Gasteiger partial charge in [0.05, 0.1) is 0 Å². The number of furan rings is 1. The predicted octanol–water partition coefficient (Wildman–Crippen LogP) is 7.84. The van der Waals surface area contributed by atoms with Gasteiger partial charge in [-0.2, -0.15) is 0 Å². The van der Waals surface area contributed by atoms with E-state index in [0.29, 0.717) is 0 Å². The highest BCUT2D eigenvalue weighted by atomic mass is 32.1. The van der Waals surface area contributed by atoms with Crippen LogP contribution in [0.5, 0.6) is 0 Å². The molecule has 4 heterocycles. The van der Waals surface area contributed by atoms with Crippen LogP contribution in [0, 0.1) is 13.8 Å². The summed E-state index contributed by atoms with van der Waals surface area (Å²) in [6.07, 6.45) is 7.41. The molecule has 6 aromatic rings. The molecule has 4 aromatic heterocycles. The van der Waals surface area contributed by atoms with E-state index in [1.165, 1.54) is 41.1 Å². The average molecular weight is 469 g/mol. The first kappa shape index (κ1) is 20.6. The fourth-order valence-corrected chi connectivity index (χ4v) is 7.25. The summed E-state index contributed by atoms with van der Waals surface area (Å²) >= 11 is 3.91. The van der Waals surface area contributed by atoms with Crippen molar-refractivity contribution in [2.45, 2.75) is 39.5 Å². The molecule has 0 aliphatic rings. The Labute approximate surface area is 200 Å². The highest BCUT2D eigenvalue weighted by Gasteiger charge is 2.16. The van der Waals surface area contributed by atoms with E-state index in [0.717, 1.165) is 48.2 Å². The van der Waals surface area contributed by atoms with Gasteiger partial charge in [0.1, 0.15) is 22.6 Å². The van der Waals surface area contributed by atoms with E-state index < -0.39 is 0 Å². The van der Waals surface area contributed by atoms with Crippen molar-refractivity contribution in [2.75, 3.05) is 0 Å². The number of rotatable bonds is 6. The Hall–Kier alpha value is -3.02. The Bertz CT molecular complexity index is 1490. The van der Waals surface area contributed by atoms with Gasteiger partial charge in [0.25, 0.3) is 0 Å². The van der Waals surface area contributed by atoms with Crippen molar-refractivity contribution in [1.82, 2.24) is 9.97 Å². The van der Waals surface area contributed by atoms with E-state index in [2.05, 4.69) is 65.4 Å². The Morgan fingerprint density at radius 3 is 1.82 bits per heavy atom. The summed E-state index contributed by atoms with van der Waals surface area (Å²) < 4.78 is 6.04. The van der Waals surface area contributed by atoms with Gasteiger partial charge in [0.15, 0.2) is 0 Å². The molecule has 5 heteroatoms. The predicted molar refractivity (Wildman–Crippen MR) is 140 cm³/mol. The number of hydrogen-bond acceptors (Lipinski definition) is 5. The van der Waals surface area contributed by atoms with Crippen molar-refractivity contribution in [3.63, 3.8) is 0 Å². The Morgan fingerprint density at radius 2 is 1.15 bits per heavy atom. The maximum absolute atomic E-state index is 6.04. The maximum Gasteiger partial charge on any atom is 0.132 e. The summed E-state index contributed by atoms with van der Waals surface area (Å²) in [5.41, 5.74) is 1.78. The molecular weight excluding hydrogens is 444 g/mol. The first-order valence-electron chi connectivity index (χ1n) is 11.3. The van der Waals surface area contributed by atoms with Crippen molar-refractivity contribution in [2.24, 2.45) is 0 Å². The second kappa shape index (κ2) is 8.40. The van der Waals surface area contributed by atoms with Crippen LogP contribution in [0.25, 0.3) is 32.6 Å². The maximum atomic E-state index is 6.04. The second-order valence-electron chi connectivity index (χ2n) is 8.46. The average Bonchev–Trinajstić information content (AvgIpc) is 3.48. The topological polar surface area (TPSA) is 38.9 Å². The van der Waals surface area contributed by atoms with Crippen LogP contribution in [0.2, 0.25) is 0 Å². The lowest BCUT2D eigenvalue weighted by Gasteiger charge is -1.99. The third-order valence-electron chi connectivity index (χ3n) is 6.39. The molecule has 3 nitrogen and oxygen atoms in total. The van der Waals surface area contributed by atoms with Crippen molar-refractivity contribution >= 4 is 55.3 Å². The monoisotopic (exact) mass is 468 g/mol. The third kappa shape index (κ3) is 3.65. The minimum Gasteiger partial charge on any atom is -0.462 e. The summed E-state index contributed by atoms with van der Waals surface area (Å²) in [5.74, 6) is 1.79. The van der Waals surface area contributed by atoms with Crippen LogP contribution < -0.4 is 0 Å². The normalized spacial score (nSPS) is 11.8. The van der Waals surface area contributed by atoms with E-state index in [9.17, 15) is 0 Å². The number of fused-ring (bicyclic) bond motifs is 3. The lowest BCUT2D eigenvalue weighted by atomic mass is 10.1. The molecule has 0 bridgehead atoms. The molecule has 6 rings (SSSR count). The van der Waals surface area contributed by atoms with E-state index in [1.807, 2.05) is 29.6 Å². The standard InChI is InChI=1S/C28H24N2OS2/c1-17-27-28(30-16-15-29-27)23(31-17)11-12-25-21-9-5-6-10-22(21)26(33-25)14-13-24-20-8-4-3-7-19(20)18(2)32-24/h3-10,15-16H,11-14H2,1-2H3. The summed E-state index contributed by atoms with van der Waals surface area (Å²) in [7, 11) is 0. The van der Waals surface area contributed by atoms with Gasteiger partial charge in [-0.25, -0.2) is 9.97 Å². The highest BCUT2D eigenvalue weighted by molar-refractivity contribution is 7.14. The fourth-order valence-electron chi connectivity index (χ4n) is 4.82. The minimum absolute atomic E-state index is 0.835. The molecule has 0 atom stereocenters. The van der Waals surface area contributed by atoms with Crippen LogP contribution in [0.15, 0.2) is 65.3 Å². The molecule has 0 radical (unpaired) electrons. The SMILES string of the molecule is Cc1sc(CCc2sc(CCc3oc(C)c4nccnc34)c3ccccc23)c2ccccc12. The molecule has 33 heavy (non-hydrogen) atoms. The zero-order valence-corrected chi connectivity index (χ0v) is 20.4. The summed E-state index contributed by atoms with van der Waals surface area (Å²) in [4.78, 5) is 14.8. The molecule has 2 aromatic carbocycles. The van der Waals surface area contributed by atoms with Crippen molar-refractivity contribution in [3.05, 3.63) is 92.0 Å².